The molecule has 0 aliphatic carbocycles. The van der Waals surface area contributed by atoms with E-state index in [1.165, 1.54) is 0 Å². The minimum absolute atomic E-state index is 0.294. The minimum atomic E-state index is 0.294. The van der Waals surface area contributed by atoms with Gasteiger partial charge in [0.15, 0.2) is 0 Å². The Bertz CT molecular complexity index is 143. The van der Waals surface area contributed by atoms with Gasteiger partial charge < -0.3 is 10.1 Å². The zero-order valence-electron chi connectivity index (χ0n) is 8.68. The van der Waals surface area contributed by atoms with Gasteiger partial charge in [-0.15, -0.1) is 0 Å². The third-order valence-electron chi connectivity index (χ3n) is 2.50. The normalized spacial score (nSPS) is 29.2. The molecule has 0 spiro atoms. The molecule has 12 heavy (non-hydrogen) atoms. The van der Waals surface area contributed by atoms with E-state index in [2.05, 4.69) is 33.0 Å². The van der Waals surface area contributed by atoms with Crippen LogP contribution in [0, 0.1) is 5.41 Å². The molecular weight excluding hydrogens is 150 g/mol. The summed E-state index contributed by atoms with van der Waals surface area (Å²) in [6, 6.07) is 1.19. The zero-order chi connectivity index (χ0) is 9.19. The van der Waals surface area contributed by atoms with Gasteiger partial charge in [-0.25, -0.2) is 0 Å². The average Bonchev–Trinajstić information content (AvgIpc) is 1.92. The van der Waals surface area contributed by atoms with Crippen molar-refractivity contribution in [2.45, 2.75) is 46.2 Å². The molecule has 1 saturated heterocycles. The molecule has 2 nitrogen and oxygen atoms in total. The lowest BCUT2D eigenvalue weighted by Crippen LogP contribution is -2.50. The van der Waals surface area contributed by atoms with Gasteiger partial charge in [0.2, 0.25) is 0 Å². The Hall–Kier alpha value is -0.0800. The molecule has 0 aromatic rings. The molecule has 0 saturated carbocycles. The Morgan fingerprint density at radius 2 is 2.08 bits per heavy atom. The maximum Gasteiger partial charge on any atom is 0.0532 e. The number of hydrogen-bond donors (Lipinski definition) is 1. The largest absolute Gasteiger partial charge is 0.381 e. The van der Waals surface area contributed by atoms with Crippen molar-refractivity contribution < 1.29 is 4.74 Å². The first-order valence-electron chi connectivity index (χ1n) is 4.86. The fourth-order valence-corrected chi connectivity index (χ4v) is 1.74. The molecule has 0 aromatic carbocycles. The first-order valence-corrected chi connectivity index (χ1v) is 4.86. The van der Waals surface area contributed by atoms with Crippen LogP contribution in [0.15, 0.2) is 0 Å². The lowest BCUT2D eigenvalue weighted by Gasteiger charge is -2.40. The maximum absolute atomic E-state index is 5.46. The highest BCUT2D eigenvalue weighted by atomic mass is 16.5. The topological polar surface area (TPSA) is 21.3 Å². The number of rotatable bonds is 2. The van der Waals surface area contributed by atoms with Gasteiger partial charge in [0.05, 0.1) is 6.61 Å². The van der Waals surface area contributed by atoms with Crippen molar-refractivity contribution in [3.05, 3.63) is 0 Å². The predicted octanol–water partition coefficient (Wildman–Crippen LogP) is 1.80. The summed E-state index contributed by atoms with van der Waals surface area (Å²) in [6.45, 7) is 10.7. The smallest absolute Gasteiger partial charge is 0.0532 e. The first-order chi connectivity index (χ1) is 5.52. The molecule has 0 radical (unpaired) electrons. The van der Waals surface area contributed by atoms with Gasteiger partial charge >= 0.3 is 0 Å². The van der Waals surface area contributed by atoms with E-state index in [0.29, 0.717) is 17.5 Å². The van der Waals surface area contributed by atoms with Crippen LogP contribution in [-0.2, 0) is 4.74 Å². The van der Waals surface area contributed by atoms with Gasteiger partial charge in [0.1, 0.15) is 0 Å². The SMILES string of the molecule is CC(C)NC1CCOCC1(C)C. The monoisotopic (exact) mass is 171 g/mol. The quantitative estimate of drug-likeness (QED) is 0.684. The van der Waals surface area contributed by atoms with Crippen molar-refractivity contribution in [2.75, 3.05) is 13.2 Å². The Labute approximate surface area is 75.7 Å². The van der Waals surface area contributed by atoms with E-state index in [0.717, 1.165) is 19.6 Å². The lowest BCUT2D eigenvalue weighted by molar-refractivity contribution is -0.0151. The Morgan fingerprint density at radius 1 is 1.42 bits per heavy atom. The molecular formula is C10H21NO. The van der Waals surface area contributed by atoms with Crippen molar-refractivity contribution in [2.24, 2.45) is 5.41 Å². The summed E-state index contributed by atoms with van der Waals surface area (Å²) in [5.41, 5.74) is 0.294. The summed E-state index contributed by atoms with van der Waals surface area (Å²) in [5, 5.41) is 3.59. The molecule has 1 fully saturated rings. The van der Waals surface area contributed by atoms with Gasteiger partial charge in [-0.3, -0.25) is 0 Å². The predicted molar refractivity (Wildman–Crippen MR) is 51.3 cm³/mol. The van der Waals surface area contributed by atoms with Crippen molar-refractivity contribution in [3.8, 4) is 0 Å². The molecule has 2 heteroatoms. The Kier molecular flexibility index (Phi) is 3.13. The molecule has 1 atom stereocenters. The highest BCUT2D eigenvalue weighted by Crippen LogP contribution is 2.27. The molecule has 1 unspecified atom stereocenters. The van der Waals surface area contributed by atoms with Crippen LogP contribution < -0.4 is 5.32 Å². The second-order valence-electron chi connectivity index (χ2n) is 4.70. The van der Waals surface area contributed by atoms with Crippen molar-refractivity contribution >= 4 is 0 Å². The van der Waals surface area contributed by atoms with E-state index in [-0.39, 0.29) is 0 Å². The van der Waals surface area contributed by atoms with Crippen molar-refractivity contribution in [3.63, 3.8) is 0 Å². The summed E-state index contributed by atoms with van der Waals surface area (Å²) in [6.07, 6.45) is 1.14. The number of hydrogen-bond acceptors (Lipinski definition) is 2. The number of ether oxygens (including phenoxy) is 1. The van der Waals surface area contributed by atoms with Gasteiger partial charge in [-0.2, -0.15) is 0 Å². The van der Waals surface area contributed by atoms with E-state index < -0.39 is 0 Å². The highest BCUT2D eigenvalue weighted by molar-refractivity contribution is 4.87. The molecule has 1 rings (SSSR count). The summed E-state index contributed by atoms with van der Waals surface area (Å²) in [4.78, 5) is 0. The minimum Gasteiger partial charge on any atom is -0.381 e. The van der Waals surface area contributed by atoms with Gasteiger partial charge in [-0.05, 0) is 6.42 Å². The van der Waals surface area contributed by atoms with Gasteiger partial charge in [-0.1, -0.05) is 27.7 Å². The van der Waals surface area contributed by atoms with Crippen LogP contribution >= 0.6 is 0 Å². The number of nitrogens with one attached hydrogen (secondary N) is 1. The maximum atomic E-state index is 5.46. The average molecular weight is 171 g/mol. The van der Waals surface area contributed by atoms with Crippen molar-refractivity contribution in [1.82, 2.24) is 5.32 Å². The second kappa shape index (κ2) is 3.75. The lowest BCUT2D eigenvalue weighted by atomic mass is 9.81. The Balaban J connectivity index is 2.48. The summed E-state index contributed by atoms with van der Waals surface area (Å²) in [5.74, 6) is 0. The molecule has 72 valence electrons. The van der Waals surface area contributed by atoms with E-state index in [1.807, 2.05) is 0 Å². The molecule has 0 aromatic heterocycles. The van der Waals surface area contributed by atoms with Crippen LogP contribution in [0.5, 0.6) is 0 Å². The molecule has 0 amide bonds. The van der Waals surface area contributed by atoms with Crippen LogP contribution in [0.2, 0.25) is 0 Å². The summed E-state index contributed by atoms with van der Waals surface area (Å²) < 4.78 is 5.46. The van der Waals surface area contributed by atoms with E-state index in [1.54, 1.807) is 0 Å². The van der Waals surface area contributed by atoms with Crippen LogP contribution in [0.4, 0.5) is 0 Å². The van der Waals surface area contributed by atoms with Gasteiger partial charge in [0.25, 0.3) is 0 Å². The molecule has 1 aliphatic heterocycles. The van der Waals surface area contributed by atoms with E-state index >= 15 is 0 Å². The first kappa shape index (κ1) is 10.0. The molecule has 1 heterocycles. The zero-order valence-corrected chi connectivity index (χ0v) is 8.68. The Morgan fingerprint density at radius 3 is 2.58 bits per heavy atom. The summed E-state index contributed by atoms with van der Waals surface area (Å²) >= 11 is 0. The van der Waals surface area contributed by atoms with Crippen LogP contribution in [0.25, 0.3) is 0 Å². The molecule has 1 aliphatic rings. The molecule has 0 bridgehead atoms. The van der Waals surface area contributed by atoms with Gasteiger partial charge in [0, 0.05) is 24.1 Å². The highest BCUT2D eigenvalue weighted by Gasteiger charge is 2.32. The molecule has 1 N–H and O–H groups in total. The van der Waals surface area contributed by atoms with E-state index in [4.69, 9.17) is 4.74 Å². The third kappa shape index (κ3) is 2.46. The van der Waals surface area contributed by atoms with Crippen LogP contribution in [0.1, 0.15) is 34.1 Å². The summed E-state index contributed by atoms with van der Waals surface area (Å²) in [7, 11) is 0. The van der Waals surface area contributed by atoms with Crippen LogP contribution in [0.3, 0.4) is 0 Å². The second-order valence-corrected chi connectivity index (χ2v) is 4.70. The van der Waals surface area contributed by atoms with Crippen LogP contribution in [-0.4, -0.2) is 25.3 Å². The third-order valence-corrected chi connectivity index (χ3v) is 2.50. The van der Waals surface area contributed by atoms with E-state index in [9.17, 15) is 0 Å². The standard InChI is InChI=1S/C10H21NO/c1-8(2)11-9-5-6-12-7-10(9,3)4/h8-9,11H,5-7H2,1-4H3. The fraction of sp³-hybridized carbons (Fsp3) is 1.00. The fourth-order valence-electron chi connectivity index (χ4n) is 1.74. The van der Waals surface area contributed by atoms with Crippen molar-refractivity contribution in [1.29, 1.82) is 0 Å².